The number of pyridine rings is 2. The standard InChI is InChI=1S/C28H22FN7O/c29-22-4-2-1-3-19(22)20-9-10-31-26-24(20)33-27(34-26)25-21-12-16(7-8-23(21)35-36-25)17-11-18(14-30-13-17)32-28(37)15-5-6-15/h1-4,7-15,28,32,37H,5-6H2,(H,35,36)(H,31,33,34). The number of hydrogen-bond acceptors (Lipinski definition) is 6. The molecule has 6 aromatic rings. The molecule has 0 spiro atoms. The van der Waals surface area contributed by atoms with E-state index < -0.39 is 6.23 Å². The molecule has 1 atom stereocenters. The molecule has 2 aromatic carbocycles. The Balaban J connectivity index is 1.29. The number of hydrogen-bond donors (Lipinski definition) is 4. The number of aliphatic hydroxyl groups excluding tert-OH is 1. The van der Waals surface area contributed by atoms with Crippen molar-refractivity contribution in [2.45, 2.75) is 19.1 Å². The minimum absolute atomic E-state index is 0.309. The Morgan fingerprint density at radius 2 is 1.89 bits per heavy atom. The fraction of sp³-hybridized carbons (Fsp3) is 0.143. The van der Waals surface area contributed by atoms with Gasteiger partial charge in [-0.25, -0.2) is 14.4 Å². The molecule has 4 heterocycles. The van der Waals surface area contributed by atoms with E-state index in [1.165, 1.54) is 6.07 Å². The van der Waals surface area contributed by atoms with Gasteiger partial charge in [0.2, 0.25) is 0 Å². The van der Waals surface area contributed by atoms with Gasteiger partial charge in [-0.1, -0.05) is 24.3 Å². The molecule has 1 fully saturated rings. The van der Waals surface area contributed by atoms with Crippen molar-refractivity contribution in [1.82, 2.24) is 30.1 Å². The molecule has 1 saturated carbocycles. The van der Waals surface area contributed by atoms with Crippen LogP contribution in [0.4, 0.5) is 10.1 Å². The molecule has 4 aromatic heterocycles. The van der Waals surface area contributed by atoms with Gasteiger partial charge in [-0.15, -0.1) is 0 Å². The number of aliphatic hydroxyl groups is 1. The summed E-state index contributed by atoms with van der Waals surface area (Å²) in [6, 6.07) is 16.4. The highest BCUT2D eigenvalue weighted by atomic mass is 19.1. The largest absolute Gasteiger partial charge is 0.374 e. The van der Waals surface area contributed by atoms with Gasteiger partial charge in [-0.2, -0.15) is 5.10 Å². The zero-order valence-corrected chi connectivity index (χ0v) is 19.6. The molecule has 0 saturated heterocycles. The smallest absolute Gasteiger partial charge is 0.178 e. The van der Waals surface area contributed by atoms with Crippen LogP contribution in [0.25, 0.3) is 55.8 Å². The predicted molar refractivity (Wildman–Crippen MR) is 140 cm³/mol. The summed E-state index contributed by atoms with van der Waals surface area (Å²) in [5.74, 6) is 0.539. The van der Waals surface area contributed by atoms with Gasteiger partial charge >= 0.3 is 0 Å². The van der Waals surface area contributed by atoms with Crippen molar-refractivity contribution in [3.05, 3.63) is 79.0 Å². The normalized spacial score (nSPS) is 14.3. The number of nitrogens with one attached hydrogen (secondary N) is 3. The molecule has 1 aliphatic carbocycles. The quantitative estimate of drug-likeness (QED) is 0.228. The Bertz CT molecular complexity index is 1770. The van der Waals surface area contributed by atoms with Crippen LogP contribution in [0.2, 0.25) is 0 Å². The minimum Gasteiger partial charge on any atom is -0.374 e. The fourth-order valence-electron chi connectivity index (χ4n) is 4.68. The van der Waals surface area contributed by atoms with Gasteiger partial charge in [0.25, 0.3) is 0 Å². The van der Waals surface area contributed by atoms with Crippen LogP contribution in [0, 0.1) is 11.7 Å². The molecule has 182 valence electrons. The number of H-pyrrole nitrogens is 2. The third-order valence-corrected chi connectivity index (χ3v) is 6.80. The summed E-state index contributed by atoms with van der Waals surface area (Å²) in [5.41, 5.74) is 6.43. The number of anilines is 1. The maximum Gasteiger partial charge on any atom is 0.178 e. The fourth-order valence-corrected chi connectivity index (χ4v) is 4.68. The number of nitrogens with zero attached hydrogens (tertiary/aromatic N) is 4. The van der Waals surface area contributed by atoms with E-state index in [1.807, 2.05) is 24.3 Å². The Morgan fingerprint density at radius 1 is 1.00 bits per heavy atom. The molecule has 1 aliphatic rings. The Kier molecular flexibility index (Phi) is 4.97. The van der Waals surface area contributed by atoms with E-state index in [-0.39, 0.29) is 5.82 Å². The highest BCUT2D eigenvalue weighted by Crippen LogP contribution is 2.35. The molecule has 4 N–H and O–H groups in total. The van der Waals surface area contributed by atoms with Crippen LogP contribution in [0.5, 0.6) is 0 Å². The third-order valence-electron chi connectivity index (χ3n) is 6.80. The lowest BCUT2D eigenvalue weighted by Gasteiger charge is -2.13. The monoisotopic (exact) mass is 491 g/mol. The van der Waals surface area contributed by atoms with Crippen LogP contribution in [-0.4, -0.2) is 41.5 Å². The Labute approximate surface area is 210 Å². The molecule has 9 heteroatoms. The molecule has 0 amide bonds. The average Bonchev–Trinajstić information content (AvgIpc) is 3.55. The molecule has 0 radical (unpaired) electrons. The van der Waals surface area contributed by atoms with E-state index in [4.69, 9.17) is 0 Å². The van der Waals surface area contributed by atoms with Crippen LogP contribution in [0.15, 0.2) is 73.2 Å². The second-order valence-electron chi connectivity index (χ2n) is 9.34. The van der Waals surface area contributed by atoms with Crippen LogP contribution < -0.4 is 5.32 Å². The summed E-state index contributed by atoms with van der Waals surface area (Å²) >= 11 is 0. The number of aromatic nitrogens is 6. The van der Waals surface area contributed by atoms with E-state index >= 15 is 0 Å². The minimum atomic E-state index is -0.559. The molecule has 37 heavy (non-hydrogen) atoms. The Hall–Kier alpha value is -4.63. The van der Waals surface area contributed by atoms with Gasteiger partial charge < -0.3 is 15.4 Å². The molecule has 0 bridgehead atoms. The van der Waals surface area contributed by atoms with E-state index in [2.05, 4.69) is 35.5 Å². The lowest BCUT2D eigenvalue weighted by Crippen LogP contribution is -2.20. The van der Waals surface area contributed by atoms with Crippen LogP contribution in [0.3, 0.4) is 0 Å². The number of halogens is 1. The highest BCUT2D eigenvalue weighted by molar-refractivity contribution is 5.97. The van der Waals surface area contributed by atoms with Gasteiger partial charge in [-0.3, -0.25) is 10.1 Å². The summed E-state index contributed by atoms with van der Waals surface area (Å²) in [7, 11) is 0. The summed E-state index contributed by atoms with van der Waals surface area (Å²) in [6.07, 6.45) is 6.66. The molecular weight excluding hydrogens is 469 g/mol. The topological polar surface area (TPSA) is 115 Å². The number of fused-ring (bicyclic) bond motifs is 2. The third kappa shape index (κ3) is 3.89. The van der Waals surface area contributed by atoms with Crippen molar-refractivity contribution in [2.24, 2.45) is 5.92 Å². The summed E-state index contributed by atoms with van der Waals surface area (Å²) in [6.45, 7) is 0. The van der Waals surface area contributed by atoms with Crippen molar-refractivity contribution < 1.29 is 9.50 Å². The maximum absolute atomic E-state index is 14.5. The first-order valence-electron chi connectivity index (χ1n) is 12.1. The number of aromatic amines is 2. The molecular formula is C28H22FN7O. The molecule has 8 nitrogen and oxygen atoms in total. The number of imidazole rings is 1. The Morgan fingerprint density at radius 3 is 2.76 bits per heavy atom. The summed E-state index contributed by atoms with van der Waals surface area (Å²) < 4.78 is 14.5. The zero-order valence-electron chi connectivity index (χ0n) is 19.6. The highest BCUT2D eigenvalue weighted by Gasteiger charge is 2.29. The van der Waals surface area contributed by atoms with Gasteiger partial charge in [0.15, 0.2) is 11.5 Å². The number of rotatable bonds is 6. The van der Waals surface area contributed by atoms with E-state index in [1.54, 1.807) is 42.9 Å². The zero-order chi connectivity index (χ0) is 24.9. The predicted octanol–water partition coefficient (Wildman–Crippen LogP) is 5.51. The van der Waals surface area contributed by atoms with Crippen molar-refractivity contribution in [3.63, 3.8) is 0 Å². The first-order chi connectivity index (χ1) is 18.1. The van der Waals surface area contributed by atoms with Gasteiger partial charge in [0.05, 0.1) is 22.9 Å². The second kappa shape index (κ2) is 8.49. The average molecular weight is 492 g/mol. The van der Waals surface area contributed by atoms with Crippen LogP contribution in [-0.2, 0) is 0 Å². The van der Waals surface area contributed by atoms with Gasteiger partial charge in [-0.05, 0) is 48.7 Å². The van der Waals surface area contributed by atoms with Crippen molar-refractivity contribution in [2.75, 3.05) is 5.32 Å². The lowest BCUT2D eigenvalue weighted by atomic mass is 10.0. The second-order valence-corrected chi connectivity index (χ2v) is 9.34. The van der Waals surface area contributed by atoms with Crippen LogP contribution in [0.1, 0.15) is 12.8 Å². The lowest BCUT2D eigenvalue weighted by molar-refractivity contribution is 0.180. The van der Waals surface area contributed by atoms with Crippen molar-refractivity contribution >= 4 is 27.8 Å². The molecule has 0 aliphatic heterocycles. The summed E-state index contributed by atoms with van der Waals surface area (Å²) in [4.78, 5) is 16.7. The van der Waals surface area contributed by atoms with Gasteiger partial charge in [0, 0.05) is 40.4 Å². The van der Waals surface area contributed by atoms with Crippen molar-refractivity contribution in [1.29, 1.82) is 0 Å². The number of benzene rings is 2. The van der Waals surface area contributed by atoms with E-state index in [9.17, 15) is 9.50 Å². The first kappa shape index (κ1) is 21.6. The van der Waals surface area contributed by atoms with Gasteiger partial charge in [0.1, 0.15) is 17.7 Å². The van der Waals surface area contributed by atoms with Crippen molar-refractivity contribution in [3.8, 4) is 33.8 Å². The van der Waals surface area contributed by atoms with E-state index in [0.717, 1.165) is 40.6 Å². The summed E-state index contributed by atoms with van der Waals surface area (Å²) in [5, 5.41) is 21.9. The maximum atomic E-state index is 14.5. The SMILES string of the molecule is OC(Nc1cncc(-c2ccc3[nH]nc(-c4nc5nccc(-c6ccccc6F)c5[nH]4)c3c2)c1)C1CC1. The van der Waals surface area contributed by atoms with E-state index in [0.29, 0.717) is 39.7 Å². The van der Waals surface area contributed by atoms with Crippen LogP contribution >= 0.6 is 0 Å². The molecule has 1 unspecified atom stereocenters. The first-order valence-corrected chi connectivity index (χ1v) is 12.1. The molecule has 7 rings (SSSR count).